The van der Waals surface area contributed by atoms with Crippen LogP contribution in [0.1, 0.15) is 19.5 Å². The summed E-state index contributed by atoms with van der Waals surface area (Å²) in [5.41, 5.74) is 3.85. The van der Waals surface area contributed by atoms with Crippen molar-refractivity contribution in [3.05, 3.63) is 27.9 Å². The van der Waals surface area contributed by atoms with Crippen molar-refractivity contribution in [3.63, 3.8) is 0 Å². The summed E-state index contributed by atoms with van der Waals surface area (Å²) in [6.45, 7) is 3.51. The van der Waals surface area contributed by atoms with Crippen molar-refractivity contribution in [2.45, 2.75) is 19.4 Å². The Kier molecular flexibility index (Phi) is 4.45. The number of oxime groups is 1. The highest BCUT2D eigenvalue weighted by molar-refractivity contribution is 5.99. The largest absolute Gasteiger partial charge is 0.409 e. The number of aromatic nitrogens is 1. The molecule has 1 rings (SSSR count). The summed E-state index contributed by atoms with van der Waals surface area (Å²) in [5, 5.41) is 32.0. The Hall–Kier alpha value is -2.42. The zero-order valence-corrected chi connectivity index (χ0v) is 11.4. The van der Waals surface area contributed by atoms with E-state index in [-0.39, 0.29) is 17.9 Å². The van der Waals surface area contributed by atoms with E-state index in [1.807, 2.05) is 0 Å². The molecule has 0 spiro atoms. The van der Waals surface area contributed by atoms with Gasteiger partial charge in [0.05, 0.1) is 10.5 Å². The van der Waals surface area contributed by atoms with Crippen molar-refractivity contribution in [3.8, 4) is 0 Å². The second-order valence-electron chi connectivity index (χ2n) is 4.95. The van der Waals surface area contributed by atoms with E-state index in [0.29, 0.717) is 5.82 Å². The molecule has 1 heterocycles. The normalized spacial score (nSPS) is 12.3. The number of amidine groups is 1. The lowest BCUT2D eigenvalue weighted by atomic mass is 10.1. The predicted molar refractivity (Wildman–Crippen MR) is 73.0 cm³/mol. The summed E-state index contributed by atoms with van der Waals surface area (Å²) in [7, 11) is 1.67. The van der Waals surface area contributed by atoms with Gasteiger partial charge in [0.25, 0.3) is 5.69 Å². The van der Waals surface area contributed by atoms with E-state index in [0.717, 1.165) is 0 Å². The number of nitrogens with two attached hydrogens (primary N) is 1. The second kappa shape index (κ2) is 5.70. The van der Waals surface area contributed by atoms with E-state index in [9.17, 15) is 15.2 Å². The van der Waals surface area contributed by atoms with Crippen molar-refractivity contribution in [1.82, 2.24) is 4.98 Å². The Morgan fingerprint density at radius 1 is 1.60 bits per heavy atom. The summed E-state index contributed by atoms with van der Waals surface area (Å²) < 4.78 is 0. The molecule has 4 N–H and O–H groups in total. The first-order valence-electron chi connectivity index (χ1n) is 5.72. The van der Waals surface area contributed by atoms with Gasteiger partial charge in [-0.25, -0.2) is 4.98 Å². The van der Waals surface area contributed by atoms with Crippen LogP contribution in [0.3, 0.4) is 0 Å². The first-order chi connectivity index (χ1) is 9.15. The van der Waals surface area contributed by atoms with Crippen LogP contribution in [0.5, 0.6) is 0 Å². The number of pyridine rings is 1. The third-order valence-electron chi connectivity index (χ3n) is 2.42. The Morgan fingerprint density at radius 3 is 2.65 bits per heavy atom. The van der Waals surface area contributed by atoms with Gasteiger partial charge in [0.1, 0.15) is 5.82 Å². The number of anilines is 1. The number of aliphatic hydroxyl groups is 1. The van der Waals surface area contributed by atoms with Crippen molar-refractivity contribution >= 4 is 17.3 Å². The van der Waals surface area contributed by atoms with E-state index in [2.05, 4.69) is 10.1 Å². The highest BCUT2D eigenvalue weighted by Crippen LogP contribution is 2.21. The van der Waals surface area contributed by atoms with Crippen molar-refractivity contribution in [2.75, 3.05) is 18.5 Å². The van der Waals surface area contributed by atoms with Crippen LogP contribution in [-0.4, -0.2) is 45.3 Å². The summed E-state index contributed by atoms with van der Waals surface area (Å²) in [4.78, 5) is 15.8. The maximum atomic E-state index is 10.9. The van der Waals surface area contributed by atoms with Crippen molar-refractivity contribution in [2.24, 2.45) is 10.9 Å². The van der Waals surface area contributed by atoms with Gasteiger partial charge in [0, 0.05) is 19.7 Å². The molecule has 0 saturated carbocycles. The van der Waals surface area contributed by atoms with Crippen LogP contribution in [0.25, 0.3) is 0 Å². The SMILES string of the molecule is CN(CC(C)(C)O)c1ccc([N+](=O)[O-])c(/C(N)=N/O)n1. The number of hydrogen-bond acceptors (Lipinski definition) is 7. The van der Waals surface area contributed by atoms with Crippen molar-refractivity contribution < 1.29 is 15.2 Å². The van der Waals surface area contributed by atoms with Crippen LogP contribution < -0.4 is 10.6 Å². The Bertz CT molecular complexity index is 538. The van der Waals surface area contributed by atoms with Gasteiger partial charge in [-0.15, -0.1) is 0 Å². The molecular formula is C11H17N5O4. The minimum Gasteiger partial charge on any atom is -0.409 e. The number of hydrogen-bond donors (Lipinski definition) is 3. The fourth-order valence-corrected chi connectivity index (χ4v) is 1.70. The molecule has 20 heavy (non-hydrogen) atoms. The zero-order chi connectivity index (χ0) is 15.5. The molecule has 1 aromatic heterocycles. The molecule has 1 aromatic rings. The molecule has 0 fully saturated rings. The van der Waals surface area contributed by atoms with E-state index in [4.69, 9.17) is 10.9 Å². The van der Waals surface area contributed by atoms with Gasteiger partial charge >= 0.3 is 0 Å². The lowest BCUT2D eigenvalue weighted by Gasteiger charge is -2.26. The lowest BCUT2D eigenvalue weighted by molar-refractivity contribution is -0.385. The molecule has 0 atom stereocenters. The molecule has 0 aliphatic heterocycles. The molecule has 0 radical (unpaired) electrons. The van der Waals surface area contributed by atoms with Crippen LogP contribution in [0.15, 0.2) is 17.3 Å². The first-order valence-corrected chi connectivity index (χ1v) is 5.72. The molecule has 0 saturated heterocycles. The third kappa shape index (κ3) is 3.79. The Labute approximate surface area is 115 Å². The number of nitrogens with zero attached hydrogens (tertiary/aromatic N) is 4. The molecule has 0 aliphatic rings. The molecule has 0 amide bonds. The van der Waals surface area contributed by atoms with Crippen LogP contribution in [-0.2, 0) is 0 Å². The minimum absolute atomic E-state index is 0.224. The lowest BCUT2D eigenvalue weighted by Crippen LogP contribution is -2.36. The maximum absolute atomic E-state index is 10.9. The van der Waals surface area contributed by atoms with Gasteiger partial charge in [-0.05, 0) is 19.9 Å². The van der Waals surface area contributed by atoms with E-state index < -0.39 is 16.4 Å². The smallest absolute Gasteiger partial charge is 0.298 e. The van der Waals surface area contributed by atoms with E-state index in [1.165, 1.54) is 12.1 Å². The summed E-state index contributed by atoms with van der Waals surface area (Å²) in [6.07, 6.45) is 0. The van der Waals surface area contributed by atoms with Gasteiger partial charge < -0.3 is 20.9 Å². The number of nitro groups is 1. The van der Waals surface area contributed by atoms with E-state index >= 15 is 0 Å². The molecule has 110 valence electrons. The minimum atomic E-state index is -0.963. The topological polar surface area (TPSA) is 138 Å². The maximum Gasteiger partial charge on any atom is 0.298 e. The highest BCUT2D eigenvalue weighted by Gasteiger charge is 2.22. The Balaban J connectivity index is 3.22. The highest BCUT2D eigenvalue weighted by atomic mass is 16.6. The van der Waals surface area contributed by atoms with Crippen molar-refractivity contribution in [1.29, 1.82) is 0 Å². The average Bonchev–Trinajstić information content (AvgIpc) is 2.34. The van der Waals surface area contributed by atoms with Crippen LogP contribution >= 0.6 is 0 Å². The average molecular weight is 283 g/mol. The quantitative estimate of drug-likeness (QED) is 0.232. The van der Waals surface area contributed by atoms with Gasteiger partial charge in [0.2, 0.25) is 0 Å². The molecule has 0 unspecified atom stereocenters. The number of likely N-dealkylation sites (N-methyl/N-ethyl adjacent to an activating group) is 1. The third-order valence-corrected chi connectivity index (χ3v) is 2.42. The predicted octanol–water partition coefficient (Wildman–Crippen LogP) is 0.291. The van der Waals surface area contributed by atoms with Crippen LogP contribution in [0.2, 0.25) is 0 Å². The monoisotopic (exact) mass is 283 g/mol. The summed E-state index contributed by atoms with van der Waals surface area (Å²) >= 11 is 0. The van der Waals surface area contributed by atoms with Gasteiger partial charge in [-0.1, -0.05) is 5.16 Å². The zero-order valence-electron chi connectivity index (χ0n) is 11.4. The van der Waals surface area contributed by atoms with Gasteiger partial charge in [-0.3, -0.25) is 10.1 Å². The molecule has 9 nitrogen and oxygen atoms in total. The fraction of sp³-hybridized carbons (Fsp3) is 0.455. The molecule has 0 bridgehead atoms. The molecule has 9 heteroatoms. The standard InChI is InChI=1S/C11H17N5O4/c1-11(2,17)6-15(3)8-5-4-7(16(19)20)9(13-8)10(12)14-18/h4-5,17-18H,6H2,1-3H3,(H2,12,14). The molecular weight excluding hydrogens is 266 g/mol. The fourth-order valence-electron chi connectivity index (χ4n) is 1.70. The van der Waals surface area contributed by atoms with Crippen LogP contribution in [0.4, 0.5) is 11.5 Å². The van der Waals surface area contributed by atoms with Gasteiger partial charge in [0.15, 0.2) is 11.5 Å². The van der Waals surface area contributed by atoms with Gasteiger partial charge in [-0.2, -0.15) is 0 Å². The first kappa shape index (κ1) is 15.6. The van der Waals surface area contributed by atoms with Crippen LogP contribution in [0, 0.1) is 10.1 Å². The summed E-state index contributed by atoms with van der Waals surface area (Å²) in [5.74, 6) is -0.0884. The molecule has 0 aliphatic carbocycles. The number of rotatable bonds is 5. The second-order valence-corrected chi connectivity index (χ2v) is 4.95. The summed E-state index contributed by atoms with van der Waals surface area (Å²) in [6, 6.07) is 2.65. The molecule has 0 aromatic carbocycles. The van der Waals surface area contributed by atoms with E-state index in [1.54, 1.807) is 25.8 Å². The Morgan fingerprint density at radius 2 is 2.20 bits per heavy atom.